The quantitative estimate of drug-likeness (QED) is 0.408. The Hall–Kier alpha value is -3.91. The number of aliphatic carboxylic acids is 1. The highest BCUT2D eigenvalue weighted by molar-refractivity contribution is 6.32. The second kappa shape index (κ2) is 13.2. The van der Waals surface area contributed by atoms with Gasteiger partial charge in [0.05, 0.1) is 36.6 Å². The number of morpholine rings is 1. The summed E-state index contributed by atoms with van der Waals surface area (Å²) in [5, 5.41) is 14.3. The first-order valence-electron chi connectivity index (χ1n) is 11.2. The van der Waals surface area contributed by atoms with Crippen LogP contribution in [0.15, 0.2) is 54.9 Å². The Labute approximate surface area is 223 Å². The minimum atomic E-state index is -5.08. The minimum Gasteiger partial charge on any atom is -0.486 e. The number of carboxylic acid groups (broad SMARTS) is 1. The molecular formula is C24H22ClF5N4O5. The molecule has 3 aromatic rings. The molecule has 1 atom stereocenters. The summed E-state index contributed by atoms with van der Waals surface area (Å²) in [6.07, 6.45) is -2.27. The van der Waals surface area contributed by atoms with E-state index in [2.05, 4.69) is 10.4 Å². The molecular weight excluding hydrogens is 555 g/mol. The number of carbonyl (C=O) groups is 2. The Morgan fingerprint density at radius 3 is 2.51 bits per heavy atom. The molecule has 9 nitrogen and oxygen atoms in total. The summed E-state index contributed by atoms with van der Waals surface area (Å²) in [6, 6.07) is 10.1. The maximum Gasteiger partial charge on any atom is 0.490 e. The van der Waals surface area contributed by atoms with Crippen LogP contribution in [-0.2, 0) is 16.1 Å². The van der Waals surface area contributed by atoms with Crippen LogP contribution in [0.25, 0.3) is 0 Å². The van der Waals surface area contributed by atoms with E-state index in [4.69, 9.17) is 31.0 Å². The molecule has 0 saturated carbocycles. The Balaban J connectivity index is 0.000000532. The molecule has 2 heterocycles. The highest BCUT2D eigenvalue weighted by Gasteiger charge is 2.38. The maximum atomic E-state index is 13.9. The number of anilines is 1. The van der Waals surface area contributed by atoms with Crippen molar-refractivity contribution in [3.8, 4) is 5.75 Å². The van der Waals surface area contributed by atoms with Crippen LogP contribution in [-0.4, -0.2) is 70.4 Å². The monoisotopic (exact) mass is 576 g/mol. The number of halogens is 6. The lowest BCUT2D eigenvalue weighted by atomic mass is 10.2. The molecule has 2 N–H and O–H groups in total. The number of nitrogens with one attached hydrogen (secondary N) is 1. The number of alkyl halides is 3. The summed E-state index contributed by atoms with van der Waals surface area (Å²) >= 11 is 5.97. The summed E-state index contributed by atoms with van der Waals surface area (Å²) in [4.78, 5) is 23.2. The standard InChI is InChI=1S/C22H21ClF2N4O3.C2HF3O2/c23-19-2-1-3-20(25)21(19)32-14-18-13-28(8-9-31-18)22(30)27-17-10-26-29(12-17)11-15-4-6-16(24)7-5-15;3-2(4,5)1(6)7/h1-7,10,12,18H,8-9,11,13-14H2,(H,27,30);(H,6,7). The second-order valence-electron chi connectivity index (χ2n) is 8.09. The van der Waals surface area contributed by atoms with Crippen LogP contribution in [0, 0.1) is 11.6 Å². The Kier molecular flexibility index (Phi) is 10.1. The normalized spacial score (nSPS) is 15.2. The zero-order valence-electron chi connectivity index (χ0n) is 20.0. The van der Waals surface area contributed by atoms with Gasteiger partial charge in [0.2, 0.25) is 0 Å². The number of urea groups is 1. The fourth-order valence-corrected chi connectivity index (χ4v) is 3.51. The summed E-state index contributed by atoms with van der Waals surface area (Å²) in [5.74, 6) is -3.64. The molecule has 2 aromatic carbocycles. The number of rotatable bonds is 6. The highest BCUT2D eigenvalue weighted by atomic mass is 35.5. The lowest BCUT2D eigenvalue weighted by Gasteiger charge is -2.32. The van der Waals surface area contributed by atoms with Crippen molar-refractivity contribution in [2.45, 2.75) is 18.8 Å². The van der Waals surface area contributed by atoms with Gasteiger partial charge in [0.15, 0.2) is 11.6 Å². The molecule has 0 radical (unpaired) electrons. The summed E-state index contributed by atoms with van der Waals surface area (Å²) in [5.41, 5.74) is 1.42. The number of amides is 2. The van der Waals surface area contributed by atoms with Crippen LogP contribution >= 0.6 is 11.6 Å². The smallest absolute Gasteiger partial charge is 0.486 e. The molecule has 1 aliphatic heterocycles. The van der Waals surface area contributed by atoms with E-state index in [1.165, 1.54) is 30.3 Å². The third kappa shape index (κ3) is 9.11. The topological polar surface area (TPSA) is 106 Å². The number of para-hydroxylation sites is 1. The molecule has 0 spiro atoms. The van der Waals surface area contributed by atoms with E-state index in [-0.39, 0.29) is 35.8 Å². The van der Waals surface area contributed by atoms with Gasteiger partial charge in [-0.3, -0.25) is 4.68 Å². The van der Waals surface area contributed by atoms with Crippen molar-refractivity contribution in [3.63, 3.8) is 0 Å². The second-order valence-corrected chi connectivity index (χ2v) is 8.49. The van der Waals surface area contributed by atoms with E-state index in [1.54, 1.807) is 34.1 Å². The molecule has 4 rings (SSSR count). The van der Waals surface area contributed by atoms with Crippen LogP contribution in [0.2, 0.25) is 5.02 Å². The number of nitrogens with zero attached hydrogens (tertiary/aromatic N) is 3. The molecule has 1 unspecified atom stereocenters. The molecule has 0 bridgehead atoms. The zero-order chi connectivity index (χ0) is 28.6. The molecule has 210 valence electrons. The van der Waals surface area contributed by atoms with Crippen molar-refractivity contribution >= 4 is 29.3 Å². The van der Waals surface area contributed by atoms with Gasteiger partial charge in [0.1, 0.15) is 18.5 Å². The van der Waals surface area contributed by atoms with Crippen molar-refractivity contribution in [3.05, 3.63) is 77.1 Å². The number of benzene rings is 2. The van der Waals surface area contributed by atoms with Gasteiger partial charge >= 0.3 is 18.2 Å². The van der Waals surface area contributed by atoms with E-state index in [0.29, 0.717) is 25.4 Å². The van der Waals surface area contributed by atoms with E-state index < -0.39 is 24.1 Å². The number of ether oxygens (including phenoxy) is 2. The van der Waals surface area contributed by atoms with E-state index >= 15 is 0 Å². The highest BCUT2D eigenvalue weighted by Crippen LogP contribution is 2.27. The van der Waals surface area contributed by atoms with E-state index in [1.807, 2.05) is 0 Å². The summed E-state index contributed by atoms with van der Waals surface area (Å²) in [6.45, 7) is 1.52. The molecule has 1 fully saturated rings. The third-order valence-corrected chi connectivity index (χ3v) is 5.44. The average molecular weight is 577 g/mol. The van der Waals surface area contributed by atoms with Crippen molar-refractivity contribution in [1.29, 1.82) is 0 Å². The van der Waals surface area contributed by atoms with Gasteiger partial charge < -0.3 is 24.8 Å². The first-order valence-corrected chi connectivity index (χ1v) is 11.6. The van der Waals surface area contributed by atoms with Gasteiger partial charge in [-0.1, -0.05) is 29.8 Å². The number of carbonyl (C=O) groups excluding carboxylic acids is 1. The van der Waals surface area contributed by atoms with Crippen LogP contribution in [0.3, 0.4) is 0 Å². The molecule has 2 amide bonds. The van der Waals surface area contributed by atoms with Crippen LogP contribution in [0.4, 0.5) is 32.4 Å². The number of hydrogen-bond donors (Lipinski definition) is 2. The van der Waals surface area contributed by atoms with Crippen LogP contribution in [0.1, 0.15) is 5.56 Å². The van der Waals surface area contributed by atoms with Gasteiger partial charge in [-0.2, -0.15) is 18.3 Å². The van der Waals surface area contributed by atoms with E-state index in [0.717, 1.165) is 5.56 Å². The van der Waals surface area contributed by atoms with Gasteiger partial charge in [-0.05, 0) is 29.8 Å². The molecule has 15 heteroatoms. The molecule has 1 aliphatic rings. The van der Waals surface area contributed by atoms with Crippen molar-refractivity contribution in [1.82, 2.24) is 14.7 Å². The van der Waals surface area contributed by atoms with Crippen molar-refractivity contribution in [2.24, 2.45) is 0 Å². The summed E-state index contributed by atoms with van der Waals surface area (Å²) < 4.78 is 71.4. The van der Waals surface area contributed by atoms with Gasteiger partial charge in [0, 0.05) is 12.7 Å². The summed E-state index contributed by atoms with van der Waals surface area (Å²) in [7, 11) is 0. The first kappa shape index (κ1) is 29.6. The predicted octanol–water partition coefficient (Wildman–Crippen LogP) is 4.81. The lowest BCUT2D eigenvalue weighted by molar-refractivity contribution is -0.192. The molecule has 1 aromatic heterocycles. The largest absolute Gasteiger partial charge is 0.490 e. The van der Waals surface area contributed by atoms with Gasteiger partial charge in [-0.15, -0.1) is 0 Å². The SMILES string of the molecule is O=C(Nc1cnn(Cc2ccc(F)cc2)c1)N1CCOC(COc2c(F)cccc2Cl)C1.O=C(O)C(F)(F)F. The minimum absolute atomic E-state index is 0.0343. The number of hydrogen-bond acceptors (Lipinski definition) is 5. The molecule has 1 saturated heterocycles. The zero-order valence-corrected chi connectivity index (χ0v) is 20.8. The molecule has 39 heavy (non-hydrogen) atoms. The Bertz CT molecular complexity index is 1250. The number of aromatic nitrogens is 2. The van der Waals surface area contributed by atoms with Crippen LogP contribution in [0.5, 0.6) is 5.75 Å². The number of carboxylic acids is 1. The van der Waals surface area contributed by atoms with Crippen molar-refractivity contribution in [2.75, 3.05) is 31.6 Å². The third-order valence-electron chi connectivity index (χ3n) is 5.14. The van der Waals surface area contributed by atoms with Gasteiger partial charge in [-0.25, -0.2) is 18.4 Å². The maximum absolute atomic E-state index is 13.9. The Morgan fingerprint density at radius 1 is 1.18 bits per heavy atom. The first-order chi connectivity index (χ1) is 18.4. The van der Waals surface area contributed by atoms with E-state index in [9.17, 15) is 26.7 Å². The van der Waals surface area contributed by atoms with Gasteiger partial charge in [0.25, 0.3) is 0 Å². The average Bonchev–Trinajstić information content (AvgIpc) is 3.31. The fraction of sp³-hybridized carbons (Fsp3) is 0.292. The van der Waals surface area contributed by atoms with Crippen molar-refractivity contribution < 1.29 is 46.1 Å². The fourth-order valence-electron chi connectivity index (χ4n) is 3.30. The Morgan fingerprint density at radius 2 is 1.87 bits per heavy atom. The predicted molar refractivity (Wildman–Crippen MR) is 129 cm³/mol. The van der Waals surface area contributed by atoms with Crippen LogP contribution < -0.4 is 10.1 Å². The molecule has 0 aliphatic carbocycles. The lowest BCUT2D eigenvalue weighted by Crippen LogP contribution is -2.49.